The summed E-state index contributed by atoms with van der Waals surface area (Å²) >= 11 is 0. The number of pyridine rings is 1. The Kier molecular flexibility index (Phi) is 5.69. The monoisotopic (exact) mass is 344 g/mol. The lowest BCUT2D eigenvalue weighted by Crippen LogP contribution is -2.26. The summed E-state index contributed by atoms with van der Waals surface area (Å²) in [7, 11) is 1.70. The lowest BCUT2D eigenvalue weighted by molar-refractivity contribution is 0.416. The van der Waals surface area contributed by atoms with Crippen LogP contribution in [0.25, 0.3) is 16.8 Å². The molecular weight excluding hydrogens is 320 g/mol. The van der Waals surface area contributed by atoms with Crippen molar-refractivity contribution < 1.29 is 4.74 Å². The highest BCUT2D eigenvalue weighted by atomic mass is 16.5. The molecule has 1 atom stereocenters. The Balaban J connectivity index is 1.74. The van der Waals surface area contributed by atoms with E-state index in [0.717, 1.165) is 40.3 Å². The quantitative estimate of drug-likeness (QED) is 0.658. The van der Waals surface area contributed by atoms with E-state index in [9.17, 15) is 0 Å². The fraction of sp³-hybridized carbons (Fsp3) is 0.174. The third-order valence-electron chi connectivity index (χ3n) is 4.29. The van der Waals surface area contributed by atoms with Crippen molar-refractivity contribution in [2.24, 2.45) is 0 Å². The molecule has 0 aliphatic carbocycles. The molecule has 0 aliphatic heterocycles. The van der Waals surface area contributed by atoms with Gasteiger partial charge in [-0.3, -0.25) is 4.98 Å². The molecule has 0 radical (unpaired) electrons. The first kappa shape index (κ1) is 17.7. The van der Waals surface area contributed by atoms with Crippen LogP contribution in [-0.2, 0) is 6.42 Å². The number of para-hydroxylation sites is 1. The molecule has 3 heteroatoms. The highest BCUT2D eigenvalue weighted by Crippen LogP contribution is 2.30. The molecule has 0 amide bonds. The van der Waals surface area contributed by atoms with E-state index < -0.39 is 0 Å². The van der Waals surface area contributed by atoms with Gasteiger partial charge in [0.15, 0.2) is 0 Å². The van der Waals surface area contributed by atoms with Gasteiger partial charge >= 0.3 is 0 Å². The largest absolute Gasteiger partial charge is 0.496 e. The minimum absolute atomic E-state index is 0.243. The average Bonchev–Trinajstić information content (AvgIpc) is 2.68. The lowest BCUT2D eigenvalue weighted by atomic mass is 10.0. The number of methoxy groups -OCH3 is 1. The van der Waals surface area contributed by atoms with Crippen LogP contribution in [0.5, 0.6) is 5.75 Å². The minimum Gasteiger partial charge on any atom is -0.496 e. The van der Waals surface area contributed by atoms with E-state index in [1.807, 2.05) is 48.7 Å². The molecule has 0 aliphatic rings. The van der Waals surface area contributed by atoms with Crippen molar-refractivity contribution in [2.45, 2.75) is 19.4 Å². The molecule has 0 bridgehead atoms. The second-order valence-corrected chi connectivity index (χ2v) is 6.33. The molecule has 1 aromatic heterocycles. The maximum Gasteiger partial charge on any atom is 0.126 e. The number of aromatic nitrogens is 1. The van der Waals surface area contributed by atoms with Gasteiger partial charge in [-0.25, -0.2) is 0 Å². The maximum atomic E-state index is 5.49. The number of nitrogens with zero attached hydrogens (tertiary/aromatic N) is 1. The van der Waals surface area contributed by atoms with Gasteiger partial charge in [-0.1, -0.05) is 49.0 Å². The minimum atomic E-state index is 0.243. The molecule has 1 unspecified atom stereocenters. The standard InChI is InChI=1S/C23H24N2O/c1-17(15-21-11-6-7-14-24-21)25-18(2)19-9-8-10-20(16-19)22-12-4-5-13-23(22)26-3/h4-14,16-17,25H,2,15H2,1,3H3. The van der Waals surface area contributed by atoms with Gasteiger partial charge in [0.2, 0.25) is 0 Å². The molecule has 1 heterocycles. The maximum absolute atomic E-state index is 5.49. The zero-order valence-electron chi connectivity index (χ0n) is 15.3. The van der Waals surface area contributed by atoms with E-state index in [4.69, 9.17) is 4.74 Å². The Hall–Kier alpha value is -3.07. The van der Waals surface area contributed by atoms with Crippen LogP contribution in [0.3, 0.4) is 0 Å². The van der Waals surface area contributed by atoms with Gasteiger partial charge in [-0.15, -0.1) is 0 Å². The van der Waals surface area contributed by atoms with Gasteiger partial charge in [-0.2, -0.15) is 0 Å². The van der Waals surface area contributed by atoms with E-state index in [2.05, 4.69) is 48.1 Å². The number of hydrogen-bond donors (Lipinski definition) is 1. The molecule has 3 rings (SSSR count). The third-order valence-corrected chi connectivity index (χ3v) is 4.29. The van der Waals surface area contributed by atoms with Gasteiger partial charge in [0.25, 0.3) is 0 Å². The van der Waals surface area contributed by atoms with Crippen molar-refractivity contribution in [3.63, 3.8) is 0 Å². The Bertz CT molecular complexity index is 874. The number of nitrogens with one attached hydrogen (secondary N) is 1. The molecular formula is C23H24N2O. The van der Waals surface area contributed by atoms with Gasteiger partial charge in [0, 0.05) is 35.6 Å². The molecule has 3 nitrogen and oxygen atoms in total. The molecule has 0 fully saturated rings. The summed E-state index contributed by atoms with van der Waals surface area (Å²) in [6.45, 7) is 6.36. The number of hydrogen-bond acceptors (Lipinski definition) is 3. The zero-order valence-corrected chi connectivity index (χ0v) is 15.3. The van der Waals surface area contributed by atoms with Gasteiger partial charge in [-0.05, 0) is 42.3 Å². The van der Waals surface area contributed by atoms with Gasteiger partial charge in [0.05, 0.1) is 7.11 Å². The smallest absolute Gasteiger partial charge is 0.126 e. The zero-order chi connectivity index (χ0) is 18.4. The van der Waals surface area contributed by atoms with Crippen LogP contribution in [0.1, 0.15) is 18.2 Å². The molecule has 0 spiro atoms. The SMILES string of the molecule is C=C(NC(C)Cc1ccccn1)c1cccc(-c2ccccc2OC)c1. The summed E-state index contributed by atoms with van der Waals surface area (Å²) in [6, 6.07) is 22.6. The molecule has 0 saturated carbocycles. The normalized spacial score (nSPS) is 11.6. The molecule has 26 heavy (non-hydrogen) atoms. The Labute approximate surface area is 155 Å². The van der Waals surface area contributed by atoms with Gasteiger partial charge in [0.1, 0.15) is 5.75 Å². The first-order valence-electron chi connectivity index (χ1n) is 8.76. The number of benzene rings is 2. The van der Waals surface area contributed by atoms with Crippen LogP contribution in [0, 0.1) is 0 Å². The molecule has 3 aromatic rings. The predicted molar refractivity (Wildman–Crippen MR) is 108 cm³/mol. The van der Waals surface area contributed by atoms with Crippen LogP contribution >= 0.6 is 0 Å². The topological polar surface area (TPSA) is 34.2 Å². The Morgan fingerprint density at radius 2 is 1.88 bits per heavy atom. The van der Waals surface area contributed by atoms with Gasteiger partial charge < -0.3 is 10.1 Å². The first-order chi connectivity index (χ1) is 12.7. The van der Waals surface area contributed by atoms with Crippen molar-refractivity contribution in [3.05, 3.63) is 90.8 Å². The van der Waals surface area contributed by atoms with E-state index in [1.54, 1.807) is 7.11 Å². The summed E-state index contributed by atoms with van der Waals surface area (Å²) in [5.74, 6) is 0.867. The second-order valence-electron chi connectivity index (χ2n) is 6.33. The number of ether oxygens (including phenoxy) is 1. The second kappa shape index (κ2) is 8.34. The van der Waals surface area contributed by atoms with E-state index >= 15 is 0 Å². The molecule has 0 saturated heterocycles. The average molecular weight is 344 g/mol. The van der Waals surface area contributed by atoms with Crippen molar-refractivity contribution >= 4 is 5.70 Å². The Morgan fingerprint density at radius 1 is 1.08 bits per heavy atom. The van der Waals surface area contributed by atoms with Crippen molar-refractivity contribution in [1.82, 2.24) is 10.3 Å². The summed E-state index contributed by atoms with van der Waals surface area (Å²) in [4.78, 5) is 4.39. The van der Waals surface area contributed by atoms with Crippen LogP contribution in [-0.4, -0.2) is 18.1 Å². The summed E-state index contributed by atoms with van der Waals surface area (Å²) in [5.41, 5.74) is 5.24. The van der Waals surface area contributed by atoms with Crippen molar-refractivity contribution in [1.29, 1.82) is 0 Å². The third kappa shape index (κ3) is 4.31. The molecule has 1 N–H and O–H groups in total. The van der Waals surface area contributed by atoms with E-state index in [0.29, 0.717) is 0 Å². The van der Waals surface area contributed by atoms with Crippen LogP contribution in [0.15, 0.2) is 79.5 Å². The van der Waals surface area contributed by atoms with Crippen LogP contribution < -0.4 is 10.1 Å². The highest BCUT2D eigenvalue weighted by molar-refractivity contribution is 5.74. The number of rotatable bonds is 7. The summed E-state index contributed by atoms with van der Waals surface area (Å²) in [5, 5.41) is 3.49. The first-order valence-corrected chi connectivity index (χ1v) is 8.76. The molecule has 2 aromatic carbocycles. The van der Waals surface area contributed by atoms with E-state index in [1.165, 1.54) is 0 Å². The van der Waals surface area contributed by atoms with Crippen molar-refractivity contribution in [2.75, 3.05) is 7.11 Å². The summed E-state index contributed by atoms with van der Waals surface area (Å²) < 4.78 is 5.49. The van der Waals surface area contributed by atoms with Crippen LogP contribution in [0.4, 0.5) is 0 Å². The lowest BCUT2D eigenvalue weighted by Gasteiger charge is -2.18. The van der Waals surface area contributed by atoms with Crippen molar-refractivity contribution in [3.8, 4) is 16.9 Å². The fourth-order valence-corrected chi connectivity index (χ4v) is 3.02. The molecule has 132 valence electrons. The highest BCUT2D eigenvalue weighted by Gasteiger charge is 2.09. The van der Waals surface area contributed by atoms with Crippen LogP contribution in [0.2, 0.25) is 0 Å². The fourth-order valence-electron chi connectivity index (χ4n) is 3.02. The Morgan fingerprint density at radius 3 is 2.65 bits per heavy atom. The summed E-state index contributed by atoms with van der Waals surface area (Å²) in [6.07, 6.45) is 2.68. The predicted octanol–water partition coefficient (Wildman–Crippen LogP) is 4.95. The van der Waals surface area contributed by atoms with E-state index in [-0.39, 0.29) is 6.04 Å².